The summed E-state index contributed by atoms with van der Waals surface area (Å²) in [5.74, 6) is 0.149. The average molecular weight is 354 g/mol. The van der Waals surface area contributed by atoms with Crippen LogP contribution in [-0.2, 0) is 22.6 Å². The third-order valence-corrected chi connectivity index (χ3v) is 4.14. The van der Waals surface area contributed by atoms with Crippen molar-refractivity contribution in [1.29, 1.82) is 0 Å². The fraction of sp³-hybridized carbons (Fsp3) is 0.300. The predicted octanol–water partition coefficient (Wildman–Crippen LogP) is 2.53. The van der Waals surface area contributed by atoms with Gasteiger partial charge in [0.15, 0.2) is 0 Å². The zero-order valence-electron chi connectivity index (χ0n) is 14.7. The number of rotatable bonds is 6. The van der Waals surface area contributed by atoms with E-state index in [9.17, 15) is 9.59 Å². The first-order valence-electron chi connectivity index (χ1n) is 8.67. The van der Waals surface area contributed by atoms with Gasteiger partial charge in [-0.3, -0.25) is 9.59 Å². The molecule has 0 spiro atoms. The minimum atomic E-state index is -0.299. The number of carbonyl (C=O) groups excluding carboxylic acids is 2. The van der Waals surface area contributed by atoms with E-state index >= 15 is 0 Å². The molecule has 136 valence electrons. The van der Waals surface area contributed by atoms with Crippen molar-refractivity contribution < 1.29 is 19.1 Å². The summed E-state index contributed by atoms with van der Waals surface area (Å²) in [5, 5.41) is 5.51. The van der Waals surface area contributed by atoms with Gasteiger partial charge in [-0.2, -0.15) is 0 Å². The molecular weight excluding hydrogens is 332 g/mol. The van der Waals surface area contributed by atoms with Crippen LogP contribution in [0.2, 0.25) is 0 Å². The summed E-state index contributed by atoms with van der Waals surface area (Å²) in [7, 11) is 0. The van der Waals surface area contributed by atoms with Crippen molar-refractivity contribution in [2.45, 2.75) is 20.0 Å². The van der Waals surface area contributed by atoms with Crippen LogP contribution in [0.3, 0.4) is 0 Å². The number of hydrogen-bond donors (Lipinski definition) is 2. The zero-order valence-corrected chi connectivity index (χ0v) is 14.7. The molecule has 1 heterocycles. The number of hydrogen-bond acceptors (Lipinski definition) is 4. The SMILES string of the molecule is CCOc1ccc(C(=O)NCC(=O)Nc2cccc3c2CCOC3)cc1. The number of amides is 2. The Kier molecular flexibility index (Phi) is 5.86. The van der Waals surface area contributed by atoms with Crippen LogP contribution in [-0.4, -0.2) is 31.6 Å². The fourth-order valence-corrected chi connectivity index (χ4v) is 2.86. The van der Waals surface area contributed by atoms with E-state index in [-0.39, 0.29) is 18.4 Å². The molecule has 0 bridgehead atoms. The van der Waals surface area contributed by atoms with E-state index in [1.165, 1.54) is 0 Å². The Hall–Kier alpha value is -2.86. The Morgan fingerprint density at radius 3 is 2.73 bits per heavy atom. The molecule has 0 aromatic heterocycles. The Morgan fingerprint density at radius 2 is 1.96 bits per heavy atom. The first-order valence-corrected chi connectivity index (χ1v) is 8.67. The lowest BCUT2D eigenvalue weighted by Crippen LogP contribution is -2.33. The van der Waals surface area contributed by atoms with E-state index in [0.29, 0.717) is 31.1 Å². The zero-order chi connectivity index (χ0) is 18.4. The molecule has 6 heteroatoms. The normalized spacial score (nSPS) is 12.8. The average Bonchev–Trinajstić information content (AvgIpc) is 2.67. The molecule has 0 aliphatic carbocycles. The second-order valence-electron chi connectivity index (χ2n) is 5.93. The van der Waals surface area contributed by atoms with Gasteiger partial charge in [0.2, 0.25) is 5.91 Å². The molecule has 0 unspecified atom stereocenters. The topological polar surface area (TPSA) is 76.7 Å². The molecule has 0 radical (unpaired) electrons. The Balaban J connectivity index is 1.55. The summed E-state index contributed by atoms with van der Waals surface area (Å²) in [6.45, 7) is 3.59. The maximum atomic E-state index is 12.2. The van der Waals surface area contributed by atoms with E-state index in [2.05, 4.69) is 10.6 Å². The molecule has 0 saturated heterocycles. The van der Waals surface area contributed by atoms with Crippen LogP contribution in [0.25, 0.3) is 0 Å². The molecule has 26 heavy (non-hydrogen) atoms. The molecule has 2 amide bonds. The highest BCUT2D eigenvalue weighted by atomic mass is 16.5. The second kappa shape index (κ2) is 8.49. The van der Waals surface area contributed by atoms with E-state index in [1.54, 1.807) is 24.3 Å². The lowest BCUT2D eigenvalue weighted by Gasteiger charge is -2.20. The molecule has 6 nitrogen and oxygen atoms in total. The van der Waals surface area contributed by atoms with Gasteiger partial charge in [-0.25, -0.2) is 0 Å². The molecular formula is C20H22N2O4. The fourth-order valence-electron chi connectivity index (χ4n) is 2.86. The van der Waals surface area contributed by atoms with Crippen molar-refractivity contribution in [3.63, 3.8) is 0 Å². The number of fused-ring (bicyclic) bond motifs is 1. The van der Waals surface area contributed by atoms with Gasteiger partial charge in [0.1, 0.15) is 5.75 Å². The van der Waals surface area contributed by atoms with Crippen LogP contribution in [0, 0.1) is 0 Å². The highest BCUT2D eigenvalue weighted by molar-refractivity contribution is 5.99. The molecule has 1 aliphatic rings. The molecule has 1 aliphatic heterocycles. The van der Waals surface area contributed by atoms with Crippen molar-refractivity contribution in [2.24, 2.45) is 0 Å². The minimum Gasteiger partial charge on any atom is -0.494 e. The number of carbonyl (C=O) groups is 2. The first-order chi connectivity index (χ1) is 12.7. The third kappa shape index (κ3) is 4.40. The van der Waals surface area contributed by atoms with E-state index < -0.39 is 0 Å². The minimum absolute atomic E-state index is 0.0911. The lowest BCUT2D eigenvalue weighted by molar-refractivity contribution is -0.115. The van der Waals surface area contributed by atoms with Crippen LogP contribution in [0.5, 0.6) is 5.75 Å². The van der Waals surface area contributed by atoms with Crippen molar-refractivity contribution in [3.05, 3.63) is 59.2 Å². The molecule has 0 fully saturated rings. The van der Waals surface area contributed by atoms with Gasteiger partial charge in [0, 0.05) is 11.3 Å². The maximum Gasteiger partial charge on any atom is 0.251 e. The highest BCUT2D eigenvalue weighted by Gasteiger charge is 2.15. The summed E-state index contributed by atoms with van der Waals surface area (Å²) in [6.07, 6.45) is 0.768. The van der Waals surface area contributed by atoms with Gasteiger partial charge >= 0.3 is 0 Å². The molecule has 2 aromatic rings. The first kappa shape index (κ1) is 17.9. The van der Waals surface area contributed by atoms with Crippen LogP contribution >= 0.6 is 0 Å². The van der Waals surface area contributed by atoms with Crippen LogP contribution < -0.4 is 15.4 Å². The third-order valence-electron chi connectivity index (χ3n) is 4.14. The molecule has 2 N–H and O–H groups in total. The lowest BCUT2D eigenvalue weighted by atomic mass is 10.0. The van der Waals surface area contributed by atoms with Gasteiger partial charge in [0.25, 0.3) is 5.91 Å². The van der Waals surface area contributed by atoms with Crippen molar-refractivity contribution >= 4 is 17.5 Å². The summed E-state index contributed by atoms with van der Waals surface area (Å²) in [4.78, 5) is 24.4. The Bertz CT molecular complexity index is 787. The second-order valence-corrected chi connectivity index (χ2v) is 5.93. The van der Waals surface area contributed by atoms with Gasteiger partial charge in [-0.05, 0) is 54.8 Å². The smallest absolute Gasteiger partial charge is 0.251 e. The van der Waals surface area contributed by atoms with Crippen LogP contribution in [0.4, 0.5) is 5.69 Å². The Labute approximate surface area is 152 Å². The quantitative estimate of drug-likeness (QED) is 0.836. The van der Waals surface area contributed by atoms with Crippen LogP contribution in [0.15, 0.2) is 42.5 Å². The number of anilines is 1. The van der Waals surface area contributed by atoms with Crippen molar-refractivity contribution in [3.8, 4) is 5.75 Å². The highest BCUT2D eigenvalue weighted by Crippen LogP contribution is 2.24. The summed E-state index contributed by atoms with van der Waals surface area (Å²) in [6, 6.07) is 12.6. The molecule has 0 saturated carbocycles. The summed E-state index contributed by atoms with van der Waals surface area (Å²) in [5.41, 5.74) is 3.46. The predicted molar refractivity (Wildman–Crippen MR) is 98.4 cm³/mol. The number of ether oxygens (including phenoxy) is 2. The maximum absolute atomic E-state index is 12.2. The van der Waals surface area contributed by atoms with Crippen LogP contribution in [0.1, 0.15) is 28.4 Å². The van der Waals surface area contributed by atoms with E-state index in [1.807, 2.05) is 25.1 Å². The van der Waals surface area contributed by atoms with Crippen molar-refractivity contribution in [2.75, 3.05) is 25.1 Å². The van der Waals surface area contributed by atoms with E-state index in [0.717, 1.165) is 23.2 Å². The van der Waals surface area contributed by atoms with Gasteiger partial charge < -0.3 is 20.1 Å². The largest absolute Gasteiger partial charge is 0.494 e. The van der Waals surface area contributed by atoms with Gasteiger partial charge in [-0.1, -0.05) is 12.1 Å². The summed E-state index contributed by atoms with van der Waals surface area (Å²) >= 11 is 0. The summed E-state index contributed by atoms with van der Waals surface area (Å²) < 4.78 is 10.8. The number of benzene rings is 2. The van der Waals surface area contributed by atoms with E-state index in [4.69, 9.17) is 9.47 Å². The molecule has 3 rings (SSSR count). The standard InChI is InChI=1S/C20H22N2O4/c1-2-26-16-8-6-14(7-9-16)20(24)21-12-19(23)22-18-5-3-4-15-13-25-11-10-17(15)18/h3-9H,2,10-13H2,1H3,(H,21,24)(H,22,23). The molecule has 0 atom stereocenters. The Morgan fingerprint density at radius 1 is 1.15 bits per heavy atom. The number of nitrogens with one attached hydrogen (secondary N) is 2. The monoisotopic (exact) mass is 354 g/mol. The van der Waals surface area contributed by atoms with Crippen molar-refractivity contribution in [1.82, 2.24) is 5.32 Å². The molecule has 2 aromatic carbocycles. The van der Waals surface area contributed by atoms with Gasteiger partial charge in [0.05, 0.1) is 26.4 Å². The van der Waals surface area contributed by atoms with Gasteiger partial charge in [-0.15, -0.1) is 0 Å².